The summed E-state index contributed by atoms with van der Waals surface area (Å²) < 4.78 is 5.11. The molecule has 1 fully saturated rings. The minimum atomic E-state index is -0.232. The van der Waals surface area contributed by atoms with Gasteiger partial charge in [0.25, 0.3) is 0 Å². The number of carbonyl (C=O) groups excluding carboxylic acids is 1. The molecule has 0 bridgehead atoms. The minimum Gasteiger partial charge on any atom is -0.338 e. The Bertz CT molecular complexity index is 509. The van der Waals surface area contributed by atoms with Gasteiger partial charge < -0.3 is 4.52 Å². The number of nitrogens with zero attached hydrogens (tertiary/aromatic N) is 3. The number of carbonyl (C=O) groups is 1. The highest BCUT2D eigenvalue weighted by Gasteiger charge is 2.31. The second kappa shape index (κ2) is 3.99. The van der Waals surface area contributed by atoms with Gasteiger partial charge in [0.1, 0.15) is 11.6 Å². The van der Waals surface area contributed by atoms with Crippen LogP contribution in [0.1, 0.15) is 11.8 Å². The van der Waals surface area contributed by atoms with E-state index in [1.165, 1.54) is 11.3 Å². The predicted octanol–water partition coefficient (Wildman–Crippen LogP) is 1.59. The average Bonchev–Trinajstić information content (AvgIpc) is 2.96. The van der Waals surface area contributed by atoms with Crippen molar-refractivity contribution in [3.05, 3.63) is 16.8 Å². The molecule has 1 saturated heterocycles. The van der Waals surface area contributed by atoms with Gasteiger partial charge >= 0.3 is 0 Å². The standard InChI is InChI=1S/C9H7N3O2S2/c13-7-3-15-1-5(7)9-11-8(12-14-9)6-2-16-4-10-6/h2,4-5H,1,3H2. The lowest BCUT2D eigenvalue weighted by atomic mass is 10.1. The first-order chi connectivity index (χ1) is 7.84. The first-order valence-corrected chi connectivity index (χ1v) is 6.77. The maximum Gasteiger partial charge on any atom is 0.238 e. The van der Waals surface area contributed by atoms with Crippen LogP contribution in [0.2, 0.25) is 0 Å². The Morgan fingerprint density at radius 3 is 3.12 bits per heavy atom. The van der Waals surface area contributed by atoms with Crippen molar-refractivity contribution in [2.24, 2.45) is 0 Å². The first kappa shape index (κ1) is 9.98. The Morgan fingerprint density at radius 1 is 1.50 bits per heavy atom. The van der Waals surface area contributed by atoms with Crippen LogP contribution in [0.4, 0.5) is 0 Å². The SMILES string of the molecule is O=C1CSCC1c1nc(-c2cscn2)no1. The zero-order valence-corrected chi connectivity index (χ0v) is 9.75. The molecular formula is C9H7N3O2S2. The molecule has 7 heteroatoms. The van der Waals surface area contributed by atoms with E-state index in [2.05, 4.69) is 15.1 Å². The number of hydrogen-bond donors (Lipinski definition) is 0. The van der Waals surface area contributed by atoms with Crippen LogP contribution in [-0.2, 0) is 4.79 Å². The van der Waals surface area contributed by atoms with Gasteiger partial charge in [-0.15, -0.1) is 11.3 Å². The summed E-state index contributed by atoms with van der Waals surface area (Å²) in [5.74, 6) is 2.08. The molecule has 1 atom stereocenters. The van der Waals surface area contributed by atoms with Crippen LogP contribution in [0.5, 0.6) is 0 Å². The highest BCUT2D eigenvalue weighted by molar-refractivity contribution is 8.00. The van der Waals surface area contributed by atoms with Gasteiger partial charge in [0, 0.05) is 11.1 Å². The Labute approximate surface area is 99.3 Å². The Balaban J connectivity index is 1.91. The van der Waals surface area contributed by atoms with Crippen LogP contribution in [0.3, 0.4) is 0 Å². The number of rotatable bonds is 2. The Kier molecular flexibility index (Phi) is 2.49. The summed E-state index contributed by atoms with van der Waals surface area (Å²) in [6.07, 6.45) is 0. The third kappa shape index (κ3) is 1.65. The monoisotopic (exact) mass is 253 g/mol. The lowest BCUT2D eigenvalue weighted by Crippen LogP contribution is -2.09. The smallest absolute Gasteiger partial charge is 0.238 e. The molecule has 0 spiro atoms. The third-order valence-electron chi connectivity index (χ3n) is 2.32. The number of aromatic nitrogens is 3. The lowest BCUT2D eigenvalue weighted by molar-refractivity contribution is -0.117. The van der Waals surface area contributed by atoms with Crippen LogP contribution >= 0.6 is 23.1 Å². The normalized spacial score (nSPS) is 20.5. The van der Waals surface area contributed by atoms with Crippen molar-refractivity contribution in [2.75, 3.05) is 11.5 Å². The summed E-state index contributed by atoms with van der Waals surface area (Å²) >= 11 is 3.07. The van der Waals surface area contributed by atoms with Gasteiger partial charge in [-0.1, -0.05) is 5.16 Å². The Morgan fingerprint density at radius 2 is 2.44 bits per heavy atom. The van der Waals surface area contributed by atoms with Crippen molar-refractivity contribution in [2.45, 2.75) is 5.92 Å². The van der Waals surface area contributed by atoms with Gasteiger partial charge in [-0.25, -0.2) is 4.98 Å². The average molecular weight is 253 g/mol. The first-order valence-electron chi connectivity index (χ1n) is 4.67. The second-order valence-electron chi connectivity index (χ2n) is 3.36. The maximum absolute atomic E-state index is 11.5. The fraction of sp³-hybridized carbons (Fsp3) is 0.333. The van der Waals surface area contributed by atoms with Crippen LogP contribution in [0.25, 0.3) is 11.5 Å². The van der Waals surface area contributed by atoms with Crippen molar-refractivity contribution in [1.29, 1.82) is 0 Å². The molecule has 2 aromatic rings. The van der Waals surface area contributed by atoms with Gasteiger partial charge in [-0.3, -0.25) is 4.79 Å². The summed E-state index contributed by atoms with van der Waals surface area (Å²) in [6, 6.07) is 0. The molecule has 82 valence electrons. The van der Waals surface area contributed by atoms with Gasteiger partial charge in [-0.2, -0.15) is 16.7 Å². The molecule has 0 amide bonds. The molecule has 0 radical (unpaired) electrons. The van der Waals surface area contributed by atoms with Crippen LogP contribution in [0, 0.1) is 0 Å². The second-order valence-corrected chi connectivity index (χ2v) is 5.11. The highest BCUT2D eigenvalue weighted by Crippen LogP contribution is 2.29. The quantitative estimate of drug-likeness (QED) is 0.809. The molecule has 3 rings (SSSR count). The van der Waals surface area contributed by atoms with Crippen LogP contribution in [-0.4, -0.2) is 32.4 Å². The predicted molar refractivity (Wildman–Crippen MR) is 60.5 cm³/mol. The molecule has 5 nitrogen and oxygen atoms in total. The van der Waals surface area contributed by atoms with Gasteiger partial charge in [0.15, 0.2) is 5.78 Å². The number of thioether (sulfide) groups is 1. The van der Waals surface area contributed by atoms with E-state index in [1.807, 2.05) is 5.38 Å². The molecular weight excluding hydrogens is 246 g/mol. The van der Waals surface area contributed by atoms with Crippen LogP contribution in [0.15, 0.2) is 15.4 Å². The molecule has 1 aliphatic rings. The van der Waals surface area contributed by atoms with E-state index in [4.69, 9.17) is 4.52 Å². The number of ketones is 1. The minimum absolute atomic E-state index is 0.165. The molecule has 1 unspecified atom stereocenters. The van der Waals surface area contributed by atoms with Crippen molar-refractivity contribution in [3.8, 4) is 11.5 Å². The van der Waals surface area contributed by atoms with Gasteiger partial charge in [-0.05, 0) is 0 Å². The molecule has 1 aliphatic heterocycles. The summed E-state index contributed by atoms with van der Waals surface area (Å²) in [4.78, 5) is 19.8. The van der Waals surface area contributed by atoms with E-state index in [0.717, 1.165) is 5.75 Å². The summed E-state index contributed by atoms with van der Waals surface area (Å²) in [6.45, 7) is 0. The van der Waals surface area contributed by atoms with Gasteiger partial charge in [0.2, 0.25) is 11.7 Å². The van der Waals surface area contributed by atoms with Crippen molar-refractivity contribution >= 4 is 28.9 Å². The fourth-order valence-electron chi connectivity index (χ4n) is 1.48. The number of thiazole rings is 1. The van der Waals surface area contributed by atoms with Crippen molar-refractivity contribution in [3.63, 3.8) is 0 Å². The molecule has 0 aliphatic carbocycles. The van der Waals surface area contributed by atoms with E-state index >= 15 is 0 Å². The fourth-order valence-corrected chi connectivity index (χ4v) is 3.10. The summed E-state index contributed by atoms with van der Waals surface area (Å²) in [5.41, 5.74) is 2.40. The van der Waals surface area contributed by atoms with Crippen molar-refractivity contribution in [1.82, 2.24) is 15.1 Å². The van der Waals surface area contributed by atoms with E-state index < -0.39 is 0 Å². The summed E-state index contributed by atoms with van der Waals surface area (Å²) in [7, 11) is 0. The topological polar surface area (TPSA) is 68.9 Å². The molecule has 16 heavy (non-hydrogen) atoms. The van der Waals surface area contributed by atoms with E-state index in [-0.39, 0.29) is 11.7 Å². The lowest BCUT2D eigenvalue weighted by Gasteiger charge is -1.97. The third-order valence-corrected chi connectivity index (χ3v) is 3.96. The Hall–Kier alpha value is -1.21. The maximum atomic E-state index is 11.5. The van der Waals surface area contributed by atoms with E-state index in [0.29, 0.717) is 23.2 Å². The van der Waals surface area contributed by atoms with Crippen LogP contribution < -0.4 is 0 Å². The molecule has 0 N–H and O–H groups in total. The van der Waals surface area contributed by atoms with E-state index in [1.54, 1.807) is 17.3 Å². The number of Topliss-reactive ketones (excluding diaryl/α,β-unsaturated/α-hetero) is 1. The van der Waals surface area contributed by atoms with Gasteiger partial charge in [0.05, 0.1) is 11.3 Å². The molecule has 2 aromatic heterocycles. The zero-order valence-electron chi connectivity index (χ0n) is 8.12. The molecule has 0 saturated carbocycles. The largest absolute Gasteiger partial charge is 0.338 e. The zero-order chi connectivity index (χ0) is 11.0. The van der Waals surface area contributed by atoms with Crippen molar-refractivity contribution < 1.29 is 9.32 Å². The number of hydrogen-bond acceptors (Lipinski definition) is 7. The highest BCUT2D eigenvalue weighted by atomic mass is 32.2. The van der Waals surface area contributed by atoms with E-state index in [9.17, 15) is 4.79 Å². The molecule has 3 heterocycles. The molecule has 0 aromatic carbocycles. The summed E-state index contributed by atoms with van der Waals surface area (Å²) in [5, 5.41) is 5.68.